The third kappa shape index (κ3) is 5.20. The van der Waals surface area contributed by atoms with E-state index in [0.29, 0.717) is 30.9 Å². The number of ether oxygens (including phenoxy) is 2. The fraction of sp³-hybridized carbons (Fsp3) is 0.333. The number of aliphatic hydroxyl groups excluding tert-OH is 1. The molecule has 174 valence electrons. The Labute approximate surface area is 191 Å². The Morgan fingerprint density at radius 2 is 1.88 bits per heavy atom. The lowest BCUT2D eigenvalue weighted by Crippen LogP contribution is -2.31. The number of amides is 1. The number of methoxy groups -OCH3 is 1. The van der Waals surface area contributed by atoms with Crippen LogP contribution in [0.2, 0.25) is 0 Å². The molecule has 1 aliphatic rings. The van der Waals surface area contributed by atoms with Gasteiger partial charge in [0.25, 0.3) is 17.4 Å². The molecule has 3 rings (SSSR count). The Bertz CT molecular complexity index is 1060. The third-order valence-electron chi connectivity index (χ3n) is 5.29. The highest BCUT2D eigenvalue weighted by atomic mass is 16.6. The smallest absolute Gasteiger partial charge is 0.295 e. The predicted molar refractivity (Wildman–Crippen MR) is 121 cm³/mol. The number of non-ortho nitro benzene ring substituents is 1. The van der Waals surface area contributed by atoms with Crippen LogP contribution in [0.1, 0.15) is 36.9 Å². The molecule has 1 heterocycles. The molecule has 2 aromatic rings. The summed E-state index contributed by atoms with van der Waals surface area (Å²) < 4.78 is 10.8. The second-order valence-corrected chi connectivity index (χ2v) is 7.56. The van der Waals surface area contributed by atoms with Crippen molar-refractivity contribution in [1.82, 2.24) is 4.90 Å². The van der Waals surface area contributed by atoms with Crippen LogP contribution in [0.25, 0.3) is 5.76 Å². The van der Waals surface area contributed by atoms with Crippen molar-refractivity contribution in [2.45, 2.75) is 25.8 Å². The zero-order valence-electron chi connectivity index (χ0n) is 18.5. The summed E-state index contributed by atoms with van der Waals surface area (Å²) in [5.74, 6) is -1.33. The van der Waals surface area contributed by atoms with E-state index in [4.69, 9.17) is 9.47 Å². The van der Waals surface area contributed by atoms with Gasteiger partial charge in [-0.2, -0.15) is 0 Å². The van der Waals surface area contributed by atoms with Crippen LogP contribution in [0.4, 0.5) is 5.69 Å². The average molecular weight is 454 g/mol. The number of hydrogen-bond donors (Lipinski definition) is 1. The number of Topliss-reactive ketones (excluding diaryl/α,β-unsaturated/α-hetero) is 1. The summed E-state index contributed by atoms with van der Waals surface area (Å²) in [5.41, 5.74) is 0.602. The van der Waals surface area contributed by atoms with Crippen molar-refractivity contribution in [2.75, 3.05) is 26.9 Å². The van der Waals surface area contributed by atoms with Crippen LogP contribution < -0.4 is 4.74 Å². The quantitative estimate of drug-likeness (QED) is 0.145. The van der Waals surface area contributed by atoms with E-state index in [0.717, 1.165) is 6.42 Å². The van der Waals surface area contributed by atoms with Crippen molar-refractivity contribution in [3.05, 3.63) is 75.3 Å². The number of ketones is 1. The highest BCUT2D eigenvalue weighted by Crippen LogP contribution is 2.40. The van der Waals surface area contributed by atoms with Gasteiger partial charge < -0.3 is 19.5 Å². The number of carbonyl (C=O) groups excluding carboxylic acids is 2. The summed E-state index contributed by atoms with van der Waals surface area (Å²) in [6.07, 6.45) is 1.32. The standard InChI is InChI=1S/C24H26N2O7/c1-3-13-33-19-7-4-6-17(15-19)21-20(23(28)24(29)25(21)12-5-14-32-2)22(27)16-8-10-18(11-9-16)26(30)31/h4,6-11,15,21,27H,3,5,12-14H2,1-2H3/b22-20+. The summed E-state index contributed by atoms with van der Waals surface area (Å²) in [5, 5.41) is 22.0. The summed E-state index contributed by atoms with van der Waals surface area (Å²) in [6, 6.07) is 11.4. The molecule has 0 aromatic heterocycles. The highest BCUT2D eigenvalue weighted by molar-refractivity contribution is 6.46. The molecule has 33 heavy (non-hydrogen) atoms. The highest BCUT2D eigenvalue weighted by Gasteiger charge is 2.45. The Hall–Kier alpha value is -3.72. The number of benzene rings is 2. The minimum Gasteiger partial charge on any atom is -0.507 e. The zero-order valence-corrected chi connectivity index (χ0v) is 18.5. The van der Waals surface area contributed by atoms with Crippen LogP contribution in [0.5, 0.6) is 5.75 Å². The molecule has 1 atom stereocenters. The van der Waals surface area contributed by atoms with Crippen molar-refractivity contribution in [2.24, 2.45) is 0 Å². The monoisotopic (exact) mass is 454 g/mol. The van der Waals surface area contributed by atoms with Gasteiger partial charge >= 0.3 is 0 Å². The summed E-state index contributed by atoms with van der Waals surface area (Å²) in [4.78, 5) is 37.7. The molecule has 1 aliphatic heterocycles. The number of hydrogen-bond acceptors (Lipinski definition) is 7. The molecule has 1 unspecified atom stereocenters. The van der Waals surface area contributed by atoms with Gasteiger partial charge in [0.05, 0.1) is 23.1 Å². The third-order valence-corrected chi connectivity index (χ3v) is 5.29. The Balaban J connectivity index is 2.09. The second-order valence-electron chi connectivity index (χ2n) is 7.56. The van der Waals surface area contributed by atoms with E-state index in [-0.39, 0.29) is 29.1 Å². The molecule has 0 aliphatic carbocycles. The molecular weight excluding hydrogens is 428 g/mol. The van der Waals surface area contributed by atoms with E-state index in [2.05, 4.69) is 0 Å². The van der Waals surface area contributed by atoms with Crippen LogP contribution >= 0.6 is 0 Å². The SMILES string of the molecule is CCCOc1cccc(C2/C(=C(\O)c3ccc([N+](=O)[O-])cc3)C(=O)C(=O)N2CCCOC)c1. The lowest BCUT2D eigenvalue weighted by atomic mass is 9.95. The fourth-order valence-corrected chi connectivity index (χ4v) is 3.73. The van der Waals surface area contributed by atoms with Gasteiger partial charge in [-0.15, -0.1) is 0 Å². The van der Waals surface area contributed by atoms with Crippen LogP contribution in [0.3, 0.4) is 0 Å². The zero-order chi connectivity index (χ0) is 24.0. The van der Waals surface area contributed by atoms with E-state index in [1.807, 2.05) is 6.92 Å². The second kappa shape index (κ2) is 10.7. The number of nitrogens with zero attached hydrogens (tertiary/aromatic N) is 2. The van der Waals surface area contributed by atoms with Gasteiger partial charge in [-0.25, -0.2) is 0 Å². The van der Waals surface area contributed by atoms with Crippen molar-refractivity contribution in [3.63, 3.8) is 0 Å². The molecule has 1 N–H and O–H groups in total. The van der Waals surface area contributed by atoms with Crippen LogP contribution in [0, 0.1) is 10.1 Å². The van der Waals surface area contributed by atoms with Gasteiger partial charge in [0, 0.05) is 38.0 Å². The van der Waals surface area contributed by atoms with Crippen LogP contribution in [0.15, 0.2) is 54.1 Å². The van der Waals surface area contributed by atoms with E-state index in [9.17, 15) is 24.8 Å². The fourth-order valence-electron chi connectivity index (χ4n) is 3.73. The molecule has 1 fully saturated rings. The first kappa shape index (κ1) is 23.9. The lowest BCUT2D eigenvalue weighted by Gasteiger charge is -2.25. The van der Waals surface area contributed by atoms with Gasteiger partial charge in [-0.1, -0.05) is 19.1 Å². The topological polar surface area (TPSA) is 119 Å². The van der Waals surface area contributed by atoms with Gasteiger partial charge in [0.15, 0.2) is 0 Å². The molecule has 0 saturated carbocycles. The molecule has 0 radical (unpaired) electrons. The van der Waals surface area contributed by atoms with Crippen molar-refractivity contribution in [1.29, 1.82) is 0 Å². The predicted octanol–water partition coefficient (Wildman–Crippen LogP) is 3.84. The Morgan fingerprint density at radius 1 is 1.15 bits per heavy atom. The summed E-state index contributed by atoms with van der Waals surface area (Å²) >= 11 is 0. The number of nitro benzene ring substituents is 1. The van der Waals surface area contributed by atoms with E-state index < -0.39 is 22.7 Å². The normalized spacial score (nSPS) is 17.4. The maximum absolute atomic E-state index is 13.0. The maximum atomic E-state index is 13.0. The number of likely N-dealkylation sites (tertiary alicyclic amines) is 1. The van der Waals surface area contributed by atoms with Crippen LogP contribution in [-0.2, 0) is 14.3 Å². The van der Waals surface area contributed by atoms with Gasteiger partial charge in [0.1, 0.15) is 11.5 Å². The first-order valence-corrected chi connectivity index (χ1v) is 10.6. The molecule has 1 amide bonds. The molecule has 2 aromatic carbocycles. The van der Waals surface area contributed by atoms with Crippen LogP contribution in [-0.4, -0.2) is 53.5 Å². The van der Waals surface area contributed by atoms with Gasteiger partial charge in [0.2, 0.25) is 0 Å². The van der Waals surface area contributed by atoms with Crippen molar-refractivity contribution >= 4 is 23.1 Å². The molecule has 1 saturated heterocycles. The lowest BCUT2D eigenvalue weighted by molar-refractivity contribution is -0.384. The first-order valence-electron chi connectivity index (χ1n) is 10.6. The number of nitro groups is 1. The minimum atomic E-state index is -0.831. The van der Waals surface area contributed by atoms with E-state index in [1.165, 1.54) is 29.2 Å². The van der Waals surface area contributed by atoms with E-state index >= 15 is 0 Å². The van der Waals surface area contributed by atoms with Crippen molar-refractivity contribution < 1.29 is 29.1 Å². The minimum absolute atomic E-state index is 0.0705. The maximum Gasteiger partial charge on any atom is 0.295 e. The number of carbonyl (C=O) groups is 2. The van der Waals surface area contributed by atoms with Gasteiger partial charge in [-0.05, 0) is 42.7 Å². The summed E-state index contributed by atoms with van der Waals surface area (Å²) in [7, 11) is 1.55. The number of aliphatic hydroxyl groups is 1. The molecule has 0 bridgehead atoms. The first-order chi connectivity index (χ1) is 15.9. The molecule has 9 heteroatoms. The average Bonchev–Trinajstić information content (AvgIpc) is 3.07. The largest absolute Gasteiger partial charge is 0.507 e. The van der Waals surface area contributed by atoms with Gasteiger partial charge in [-0.3, -0.25) is 19.7 Å². The van der Waals surface area contributed by atoms with Crippen molar-refractivity contribution in [3.8, 4) is 5.75 Å². The molecule has 0 spiro atoms. The molecule has 9 nitrogen and oxygen atoms in total. The summed E-state index contributed by atoms with van der Waals surface area (Å²) in [6.45, 7) is 3.15. The Kier molecular flexibility index (Phi) is 7.78. The molecular formula is C24H26N2O7. The number of rotatable bonds is 10. The van der Waals surface area contributed by atoms with E-state index in [1.54, 1.807) is 31.4 Å². The Morgan fingerprint density at radius 3 is 2.52 bits per heavy atom.